The van der Waals surface area contributed by atoms with Gasteiger partial charge in [0.1, 0.15) is 11.6 Å². The first-order chi connectivity index (χ1) is 12.3. The van der Waals surface area contributed by atoms with Crippen molar-refractivity contribution in [1.29, 1.82) is 0 Å². The van der Waals surface area contributed by atoms with E-state index >= 15 is 0 Å². The molecule has 1 saturated heterocycles. The summed E-state index contributed by atoms with van der Waals surface area (Å²) in [6.07, 6.45) is -0.0162. The molecule has 26 heavy (non-hydrogen) atoms. The molecule has 2 N–H and O–H groups in total. The standard InChI is InChI=1S/C18H17FN2O5/c1-10-2-4-14(13(19)6-10)21-9-11(7-16(21)22)17(23)20-8-12-3-5-15(26-12)18(24)25/h2-6,11H,7-9H2,1H3,(H,20,23)(H,24,25)/t11-/m1/s1. The van der Waals surface area contributed by atoms with Crippen LogP contribution < -0.4 is 10.2 Å². The van der Waals surface area contributed by atoms with Crippen LogP contribution in [0, 0.1) is 18.7 Å². The van der Waals surface area contributed by atoms with Crippen molar-refractivity contribution in [3.8, 4) is 0 Å². The van der Waals surface area contributed by atoms with Gasteiger partial charge < -0.3 is 19.7 Å². The zero-order valence-electron chi connectivity index (χ0n) is 14.0. The summed E-state index contributed by atoms with van der Waals surface area (Å²) in [5.41, 5.74) is 0.902. The van der Waals surface area contributed by atoms with Crippen molar-refractivity contribution >= 4 is 23.5 Å². The van der Waals surface area contributed by atoms with Crippen molar-refractivity contribution in [2.45, 2.75) is 19.9 Å². The fourth-order valence-corrected chi connectivity index (χ4v) is 2.85. The number of nitrogens with one attached hydrogen (secondary N) is 1. The number of carbonyl (C=O) groups is 3. The maximum atomic E-state index is 14.1. The Balaban J connectivity index is 1.62. The van der Waals surface area contributed by atoms with Crippen molar-refractivity contribution in [2.24, 2.45) is 5.92 Å². The molecular weight excluding hydrogens is 343 g/mol. The van der Waals surface area contributed by atoms with Crippen LogP contribution in [-0.4, -0.2) is 29.4 Å². The van der Waals surface area contributed by atoms with Gasteiger partial charge in [0, 0.05) is 13.0 Å². The fraction of sp³-hybridized carbons (Fsp3) is 0.278. The van der Waals surface area contributed by atoms with Gasteiger partial charge in [-0.05, 0) is 36.8 Å². The number of anilines is 1. The number of carbonyl (C=O) groups excluding carboxylic acids is 2. The summed E-state index contributed by atoms with van der Waals surface area (Å²) in [7, 11) is 0. The molecule has 2 heterocycles. The molecular formula is C18H17FN2O5. The maximum Gasteiger partial charge on any atom is 0.371 e. The zero-order valence-corrected chi connectivity index (χ0v) is 14.0. The number of rotatable bonds is 5. The normalized spacial score (nSPS) is 16.8. The number of carboxylic acids is 1. The van der Waals surface area contributed by atoms with Crippen LogP contribution in [0.1, 0.15) is 28.3 Å². The van der Waals surface area contributed by atoms with Gasteiger partial charge in [0.25, 0.3) is 0 Å². The molecule has 136 valence electrons. The molecule has 1 aromatic heterocycles. The Hall–Kier alpha value is -3.16. The number of furan rings is 1. The van der Waals surface area contributed by atoms with Gasteiger partial charge in [-0.25, -0.2) is 9.18 Å². The molecule has 0 bridgehead atoms. The summed E-state index contributed by atoms with van der Waals surface area (Å²) < 4.78 is 19.1. The molecule has 1 aromatic carbocycles. The van der Waals surface area contributed by atoms with Gasteiger partial charge in [-0.3, -0.25) is 9.59 Å². The molecule has 2 amide bonds. The third kappa shape index (κ3) is 3.58. The Morgan fingerprint density at radius 3 is 2.77 bits per heavy atom. The molecule has 7 nitrogen and oxygen atoms in total. The number of benzene rings is 1. The summed E-state index contributed by atoms with van der Waals surface area (Å²) in [5, 5.41) is 11.4. The highest BCUT2D eigenvalue weighted by Crippen LogP contribution is 2.28. The molecule has 1 aliphatic heterocycles. The predicted octanol–water partition coefficient (Wildman–Crippen LogP) is 2.09. The number of aromatic carboxylic acids is 1. The molecule has 2 aromatic rings. The Labute approximate surface area is 148 Å². The summed E-state index contributed by atoms with van der Waals surface area (Å²) in [4.78, 5) is 36.5. The number of amides is 2. The lowest BCUT2D eigenvalue weighted by Gasteiger charge is -2.17. The number of hydrogen-bond donors (Lipinski definition) is 2. The van der Waals surface area contributed by atoms with E-state index in [2.05, 4.69) is 5.32 Å². The van der Waals surface area contributed by atoms with Gasteiger partial charge in [-0.2, -0.15) is 0 Å². The van der Waals surface area contributed by atoms with Crippen molar-refractivity contribution in [2.75, 3.05) is 11.4 Å². The second kappa shape index (κ2) is 6.99. The number of halogens is 1. The van der Waals surface area contributed by atoms with Crippen molar-refractivity contribution in [3.63, 3.8) is 0 Å². The highest BCUT2D eigenvalue weighted by atomic mass is 19.1. The lowest BCUT2D eigenvalue weighted by atomic mass is 10.1. The monoisotopic (exact) mass is 360 g/mol. The Morgan fingerprint density at radius 1 is 1.35 bits per heavy atom. The van der Waals surface area contributed by atoms with Gasteiger partial charge in [0.05, 0.1) is 18.2 Å². The predicted molar refractivity (Wildman–Crippen MR) is 89.1 cm³/mol. The minimum absolute atomic E-state index is 0.00962. The molecule has 1 atom stereocenters. The third-order valence-electron chi connectivity index (χ3n) is 4.20. The molecule has 3 rings (SSSR count). The largest absolute Gasteiger partial charge is 0.475 e. The summed E-state index contributed by atoms with van der Waals surface area (Å²) in [6, 6.07) is 7.32. The maximum absolute atomic E-state index is 14.1. The second-order valence-corrected chi connectivity index (χ2v) is 6.15. The summed E-state index contributed by atoms with van der Waals surface area (Å²) in [5.74, 6) is -2.93. The first-order valence-corrected chi connectivity index (χ1v) is 8.01. The van der Waals surface area contributed by atoms with E-state index in [4.69, 9.17) is 9.52 Å². The van der Waals surface area contributed by atoms with E-state index in [9.17, 15) is 18.8 Å². The minimum Gasteiger partial charge on any atom is -0.475 e. The van der Waals surface area contributed by atoms with Crippen LogP contribution in [0.5, 0.6) is 0 Å². The van der Waals surface area contributed by atoms with E-state index in [0.29, 0.717) is 5.76 Å². The number of carboxylic acid groups (broad SMARTS) is 1. The van der Waals surface area contributed by atoms with Crippen LogP contribution in [0.3, 0.4) is 0 Å². The van der Waals surface area contributed by atoms with Gasteiger partial charge >= 0.3 is 5.97 Å². The fourth-order valence-electron chi connectivity index (χ4n) is 2.85. The molecule has 0 saturated carbocycles. The summed E-state index contributed by atoms with van der Waals surface area (Å²) >= 11 is 0. The number of hydrogen-bond acceptors (Lipinski definition) is 4. The van der Waals surface area contributed by atoms with Crippen LogP contribution in [0.4, 0.5) is 10.1 Å². The highest BCUT2D eigenvalue weighted by molar-refractivity contribution is 6.00. The minimum atomic E-state index is -1.19. The van der Waals surface area contributed by atoms with Crippen molar-refractivity contribution in [1.82, 2.24) is 5.32 Å². The van der Waals surface area contributed by atoms with Crippen molar-refractivity contribution in [3.05, 3.63) is 53.2 Å². The number of nitrogens with zero attached hydrogens (tertiary/aromatic N) is 1. The Morgan fingerprint density at radius 2 is 2.12 bits per heavy atom. The average Bonchev–Trinajstić information content (AvgIpc) is 3.20. The van der Waals surface area contributed by atoms with Crippen LogP contribution in [-0.2, 0) is 16.1 Å². The van der Waals surface area contributed by atoms with Gasteiger partial charge in [0.15, 0.2) is 0 Å². The van der Waals surface area contributed by atoms with Crippen LogP contribution >= 0.6 is 0 Å². The number of aryl methyl sites for hydroxylation is 1. The van der Waals surface area contributed by atoms with E-state index < -0.39 is 17.7 Å². The Kier molecular flexibility index (Phi) is 4.75. The first-order valence-electron chi connectivity index (χ1n) is 8.01. The van der Waals surface area contributed by atoms with Gasteiger partial charge in [-0.1, -0.05) is 6.07 Å². The second-order valence-electron chi connectivity index (χ2n) is 6.15. The average molecular weight is 360 g/mol. The molecule has 0 radical (unpaired) electrons. The lowest BCUT2D eigenvalue weighted by molar-refractivity contribution is -0.126. The van der Waals surface area contributed by atoms with E-state index in [1.54, 1.807) is 13.0 Å². The van der Waals surface area contributed by atoms with E-state index in [0.717, 1.165) is 5.56 Å². The van der Waals surface area contributed by atoms with E-state index in [1.807, 2.05) is 0 Å². The van der Waals surface area contributed by atoms with E-state index in [-0.39, 0.29) is 42.8 Å². The van der Waals surface area contributed by atoms with Gasteiger partial charge in [0.2, 0.25) is 17.6 Å². The molecule has 8 heteroatoms. The summed E-state index contributed by atoms with van der Waals surface area (Å²) in [6.45, 7) is 1.85. The topological polar surface area (TPSA) is 99.8 Å². The van der Waals surface area contributed by atoms with Crippen LogP contribution in [0.25, 0.3) is 0 Å². The molecule has 0 aliphatic carbocycles. The lowest BCUT2D eigenvalue weighted by Crippen LogP contribution is -2.32. The SMILES string of the molecule is Cc1ccc(N2C[C@H](C(=O)NCc3ccc(C(=O)O)o3)CC2=O)c(F)c1. The first kappa shape index (κ1) is 17.7. The van der Waals surface area contributed by atoms with E-state index in [1.165, 1.54) is 29.2 Å². The van der Waals surface area contributed by atoms with Gasteiger partial charge in [-0.15, -0.1) is 0 Å². The van der Waals surface area contributed by atoms with Crippen LogP contribution in [0.2, 0.25) is 0 Å². The molecule has 0 spiro atoms. The quantitative estimate of drug-likeness (QED) is 0.851. The van der Waals surface area contributed by atoms with Crippen LogP contribution in [0.15, 0.2) is 34.7 Å². The zero-order chi connectivity index (χ0) is 18.8. The molecule has 1 fully saturated rings. The Bertz CT molecular complexity index is 876. The smallest absolute Gasteiger partial charge is 0.371 e. The molecule has 1 aliphatic rings. The molecule has 0 unspecified atom stereocenters. The van der Waals surface area contributed by atoms with Crippen molar-refractivity contribution < 1.29 is 28.3 Å². The third-order valence-corrected chi connectivity index (χ3v) is 4.20. The highest BCUT2D eigenvalue weighted by Gasteiger charge is 2.36.